The van der Waals surface area contributed by atoms with Gasteiger partial charge in [0, 0.05) is 24.3 Å². The van der Waals surface area contributed by atoms with Gasteiger partial charge in [-0.15, -0.1) is 0 Å². The molecule has 2 aliphatic rings. The number of hydrogen-bond acceptors (Lipinski definition) is 7. The molecule has 45 heavy (non-hydrogen) atoms. The first-order valence-corrected chi connectivity index (χ1v) is 15.8. The van der Waals surface area contributed by atoms with Crippen LogP contribution in [0.15, 0.2) is 71.7 Å². The van der Waals surface area contributed by atoms with E-state index in [4.69, 9.17) is 32.7 Å². The maximum Gasteiger partial charge on any atom is 0.310 e. The van der Waals surface area contributed by atoms with Crippen molar-refractivity contribution in [3.8, 4) is 17.2 Å². The van der Waals surface area contributed by atoms with Crippen molar-refractivity contribution < 1.29 is 19.1 Å². The first-order valence-electron chi connectivity index (χ1n) is 15.0. The number of hydrogen-bond donors (Lipinski definition) is 1. The quantitative estimate of drug-likeness (QED) is 0.206. The lowest BCUT2D eigenvalue weighted by molar-refractivity contribution is -0.149. The number of carbonyl (C=O) groups is 2. The van der Waals surface area contributed by atoms with Gasteiger partial charge < -0.3 is 19.7 Å². The summed E-state index contributed by atoms with van der Waals surface area (Å²) in [6.07, 6.45) is 6.05. The van der Waals surface area contributed by atoms with Gasteiger partial charge in [-0.25, -0.2) is 0 Å². The van der Waals surface area contributed by atoms with Crippen molar-refractivity contribution in [1.82, 2.24) is 14.7 Å². The molecule has 1 amide bonds. The fourth-order valence-corrected chi connectivity index (χ4v) is 6.10. The number of nitrogens with zero attached hydrogens (tertiary/aromatic N) is 3. The summed E-state index contributed by atoms with van der Waals surface area (Å²) in [5.41, 5.74) is 3.71. The normalized spacial score (nSPS) is 15.8. The molecule has 1 saturated heterocycles. The Morgan fingerprint density at radius 2 is 1.78 bits per heavy atom. The van der Waals surface area contributed by atoms with E-state index in [0.29, 0.717) is 58.9 Å². The molecule has 6 rings (SSSR count). The number of ether oxygens (including phenoxy) is 2. The van der Waals surface area contributed by atoms with Crippen molar-refractivity contribution in [3.63, 3.8) is 0 Å². The van der Waals surface area contributed by atoms with Crippen LogP contribution >= 0.6 is 23.2 Å². The number of fused-ring (bicyclic) bond motifs is 1. The van der Waals surface area contributed by atoms with Crippen molar-refractivity contribution in [2.24, 2.45) is 5.92 Å². The smallest absolute Gasteiger partial charge is 0.310 e. The van der Waals surface area contributed by atoms with Gasteiger partial charge in [0.1, 0.15) is 5.75 Å². The largest absolute Gasteiger partial charge is 0.466 e. The highest BCUT2D eigenvalue weighted by Crippen LogP contribution is 2.33. The van der Waals surface area contributed by atoms with E-state index in [9.17, 15) is 14.4 Å². The number of aromatic nitrogens is 2. The number of carbonyl (C=O) groups excluding carboxylic acids is 2. The van der Waals surface area contributed by atoms with E-state index in [1.807, 2.05) is 12.1 Å². The van der Waals surface area contributed by atoms with Gasteiger partial charge >= 0.3 is 5.97 Å². The van der Waals surface area contributed by atoms with Crippen molar-refractivity contribution >= 4 is 46.5 Å². The zero-order chi connectivity index (χ0) is 31.5. The van der Waals surface area contributed by atoms with Crippen molar-refractivity contribution in [1.29, 1.82) is 0 Å². The zero-order valence-electron chi connectivity index (χ0n) is 24.7. The molecule has 1 aliphatic heterocycles. The molecule has 9 nitrogen and oxygen atoms in total. The fourth-order valence-electron chi connectivity index (χ4n) is 5.81. The van der Waals surface area contributed by atoms with E-state index in [1.54, 1.807) is 54.3 Å². The van der Waals surface area contributed by atoms with Crippen LogP contribution in [0.1, 0.15) is 47.7 Å². The van der Waals surface area contributed by atoms with Gasteiger partial charge in [0.2, 0.25) is 0 Å². The molecule has 1 unspecified atom stereocenters. The van der Waals surface area contributed by atoms with Gasteiger partial charge in [0.05, 0.1) is 34.5 Å². The highest BCUT2D eigenvalue weighted by Gasteiger charge is 2.30. The second-order valence-corrected chi connectivity index (χ2v) is 11.9. The first kappa shape index (κ1) is 30.7. The van der Waals surface area contributed by atoms with Gasteiger partial charge in [-0.05, 0) is 105 Å². The second kappa shape index (κ2) is 13.3. The third-order valence-corrected chi connectivity index (χ3v) is 8.86. The van der Waals surface area contributed by atoms with Crippen LogP contribution in [0.5, 0.6) is 11.5 Å². The third-order valence-electron chi connectivity index (χ3n) is 8.12. The van der Waals surface area contributed by atoms with Crippen LogP contribution in [0, 0.1) is 5.92 Å². The van der Waals surface area contributed by atoms with Crippen LogP contribution in [-0.4, -0.2) is 46.3 Å². The molecule has 1 atom stereocenters. The molecule has 3 aromatic carbocycles. The van der Waals surface area contributed by atoms with Gasteiger partial charge in [-0.1, -0.05) is 29.3 Å². The Morgan fingerprint density at radius 1 is 0.978 bits per heavy atom. The molecule has 232 valence electrons. The zero-order valence-corrected chi connectivity index (χ0v) is 26.2. The molecule has 0 spiro atoms. The summed E-state index contributed by atoms with van der Waals surface area (Å²) in [6.45, 7) is 2.99. The van der Waals surface area contributed by atoms with E-state index in [2.05, 4.69) is 16.5 Å². The number of halogens is 2. The molecular formula is C34H32Cl2N4O5. The van der Waals surface area contributed by atoms with Crippen LogP contribution in [0.25, 0.3) is 5.69 Å². The Bertz CT molecular complexity index is 1810. The Kier molecular flexibility index (Phi) is 9.09. The van der Waals surface area contributed by atoms with E-state index < -0.39 is 5.56 Å². The van der Waals surface area contributed by atoms with E-state index in [1.165, 1.54) is 22.0 Å². The second-order valence-electron chi connectivity index (χ2n) is 11.1. The Morgan fingerprint density at radius 3 is 2.56 bits per heavy atom. The molecule has 4 aromatic rings. The molecule has 0 radical (unpaired) electrons. The highest BCUT2D eigenvalue weighted by atomic mass is 35.5. The minimum Gasteiger partial charge on any atom is -0.466 e. The topological polar surface area (TPSA) is 103 Å². The molecule has 2 heterocycles. The summed E-state index contributed by atoms with van der Waals surface area (Å²) in [5.74, 6) is 0.0963. The minimum atomic E-state index is -0.467. The average Bonchev–Trinajstić information content (AvgIpc) is 3.52. The lowest BCUT2D eigenvalue weighted by Gasteiger charge is -2.31. The molecule has 0 saturated carbocycles. The summed E-state index contributed by atoms with van der Waals surface area (Å²) in [5, 5.41) is 8.20. The predicted octanol–water partition coefficient (Wildman–Crippen LogP) is 6.98. The molecule has 1 N–H and O–H groups in total. The van der Waals surface area contributed by atoms with Crippen molar-refractivity contribution in [3.05, 3.63) is 104 Å². The molecule has 1 aromatic heterocycles. The number of aryl methyl sites for hydroxylation is 2. The first-order chi connectivity index (χ1) is 21.8. The number of likely N-dealkylation sites (tertiary alicyclic amines) is 1. The summed E-state index contributed by atoms with van der Waals surface area (Å²) in [4.78, 5) is 41.1. The number of nitrogens with one attached hydrogen (secondary N) is 1. The molecule has 1 aliphatic carbocycles. The van der Waals surface area contributed by atoms with Crippen LogP contribution in [0.2, 0.25) is 10.0 Å². The SMILES string of the molecule is CCOC(=O)C1CCCN(C(=O)c2ccc(Nc3c(Oc4ccc5c(c4)CCC5)cnn(-c4ccc(Cl)c(Cl)c4)c3=O)cc2)C1. The van der Waals surface area contributed by atoms with E-state index in [0.717, 1.165) is 25.7 Å². The van der Waals surface area contributed by atoms with E-state index in [-0.39, 0.29) is 29.2 Å². The number of rotatable bonds is 8. The van der Waals surface area contributed by atoms with Crippen LogP contribution in [-0.2, 0) is 22.4 Å². The maximum absolute atomic E-state index is 13.9. The lowest BCUT2D eigenvalue weighted by Crippen LogP contribution is -2.42. The molecule has 1 fully saturated rings. The fraction of sp³-hybridized carbons (Fsp3) is 0.294. The van der Waals surface area contributed by atoms with Gasteiger partial charge in [-0.2, -0.15) is 9.78 Å². The highest BCUT2D eigenvalue weighted by molar-refractivity contribution is 6.42. The average molecular weight is 648 g/mol. The van der Waals surface area contributed by atoms with Crippen LogP contribution in [0.3, 0.4) is 0 Å². The van der Waals surface area contributed by atoms with Gasteiger partial charge in [-0.3, -0.25) is 14.4 Å². The summed E-state index contributed by atoms with van der Waals surface area (Å²) in [6, 6.07) is 17.6. The van der Waals surface area contributed by atoms with Crippen molar-refractivity contribution in [2.45, 2.75) is 39.0 Å². The third kappa shape index (κ3) is 6.70. The van der Waals surface area contributed by atoms with Crippen molar-refractivity contribution in [2.75, 3.05) is 25.0 Å². The number of esters is 1. The summed E-state index contributed by atoms with van der Waals surface area (Å²) in [7, 11) is 0. The molecular weight excluding hydrogens is 615 g/mol. The van der Waals surface area contributed by atoms with Gasteiger partial charge in [0.25, 0.3) is 11.5 Å². The van der Waals surface area contributed by atoms with Gasteiger partial charge in [0.15, 0.2) is 11.4 Å². The Hall–Kier alpha value is -4.34. The number of amides is 1. The number of anilines is 2. The Labute approximate surface area is 270 Å². The minimum absolute atomic E-state index is 0.156. The Balaban J connectivity index is 1.27. The summed E-state index contributed by atoms with van der Waals surface area (Å²) < 4.78 is 12.6. The standard InChI is InChI=1S/C34H32Cl2N4O5/c1-2-44-34(43)24-7-4-16-39(20-24)32(41)22-8-11-25(12-9-22)38-31-30(45-27-14-10-21-5-3-6-23(21)17-27)19-37-40(33(31)42)26-13-15-28(35)29(36)18-26/h8-15,17-19,24,38H,2-7,16,20H2,1H3. The monoisotopic (exact) mass is 646 g/mol. The predicted molar refractivity (Wildman–Crippen MR) is 173 cm³/mol. The lowest BCUT2D eigenvalue weighted by atomic mass is 9.97. The number of benzene rings is 3. The summed E-state index contributed by atoms with van der Waals surface area (Å²) >= 11 is 12.3. The molecule has 0 bridgehead atoms. The maximum atomic E-state index is 13.9. The molecule has 11 heteroatoms. The van der Waals surface area contributed by atoms with Crippen LogP contribution in [0.4, 0.5) is 11.4 Å². The van der Waals surface area contributed by atoms with Crippen LogP contribution < -0.4 is 15.6 Å². The van der Waals surface area contributed by atoms with E-state index >= 15 is 0 Å². The number of piperidine rings is 1.